The molecular formula is C19H18F2N4O. The van der Waals surface area contributed by atoms with Crippen molar-refractivity contribution in [3.8, 4) is 5.75 Å². The normalized spacial score (nSPS) is 10.4. The quantitative estimate of drug-likeness (QED) is 0.666. The number of nitrogens with one attached hydrogen (secondary N) is 2. The van der Waals surface area contributed by atoms with Crippen molar-refractivity contribution >= 4 is 17.5 Å². The zero-order chi connectivity index (χ0) is 18.4. The Balaban J connectivity index is 1.60. The zero-order valence-corrected chi connectivity index (χ0v) is 14.2. The first-order valence-corrected chi connectivity index (χ1v) is 8.06. The van der Waals surface area contributed by atoms with Crippen LogP contribution in [0, 0.1) is 11.6 Å². The number of ether oxygens (including phenoxy) is 1. The van der Waals surface area contributed by atoms with Gasteiger partial charge in [0.25, 0.3) is 0 Å². The number of rotatable bonds is 7. The molecule has 1 heterocycles. The Morgan fingerprint density at radius 1 is 1.08 bits per heavy atom. The third-order valence-corrected chi connectivity index (χ3v) is 3.69. The molecule has 0 saturated carbocycles. The van der Waals surface area contributed by atoms with Gasteiger partial charge in [0.15, 0.2) is 0 Å². The van der Waals surface area contributed by atoms with E-state index >= 15 is 0 Å². The summed E-state index contributed by atoms with van der Waals surface area (Å²) in [4.78, 5) is 8.33. The second-order valence-electron chi connectivity index (χ2n) is 5.54. The summed E-state index contributed by atoms with van der Waals surface area (Å²) in [5.41, 5.74) is 1.25. The van der Waals surface area contributed by atoms with Crippen LogP contribution in [0.3, 0.4) is 0 Å². The molecule has 3 rings (SSSR count). The van der Waals surface area contributed by atoms with Crippen LogP contribution in [-0.4, -0.2) is 23.6 Å². The van der Waals surface area contributed by atoms with E-state index < -0.39 is 11.6 Å². The maximum Gasteiger partial charge on any atom is 0.229 e. The lowest BCUT2D eigenvalue weighted by Crippen LogP contribution is -2.08. The molecule has 0 radical (unpaired) electrons. The molecule has 0 amide bonds. The molecule has 26 heavy (non-hydrogen) atoms. The van der Waals surface area contributed by atoms with Gasteiger partial charge < -0.3 is 15.4 Å². The van der Waals surface area contributed by atoms with Gasteiger partial charge >= 0.3 is 0 Å². The summed E-state index contributed by atoms with van der Waals surface area (Å²) in [6.45, 7) is 0.661. The fourth-order valence-electron chi connectivity index (χ4n) is 2.39. The summed E-state index contributed by atoms with van der Waals surface area (Å²) in [6.07, 6.45) is 2.35. The Morgan fingerprint density at radius 3 is 2.77 bits per heavy atom. The number of methoxy groups -OCH3 is 1. The van der Waals surface area contributed by atoms with E-state index in [2.05, 4.69) is 20.6 Å². The molecule has 0 fully saturated rings. The Hall–Kier alpha value is -3.22. The van der Waals surface area contributed by atoms with E-state index in [1.165, 1.54) is 12.1 Å². The Morgan fingerprint density at radius 2 is 1.96 bits per heavy atom. The molecule has 2 N–H and O–H groups in total. The minimum absolute atomic E-state index is 0.111. The van der Waals surface area contributed by atoms with Crippen LogP contribution in [0.1, 0.15) is 5.56 Å². The van der Waals surface area contributed by atoms with E-state index in [9.17, 15) is 8.78 Å². The second-order valence-corrected chi connectivity index (χ2v) is 5.54. The molecule has 3 aromatic rings. The zero-order valence-electron chi connectivity index (χ0n) is 14.2. The number of aromatic nitrogens is 2. The van der Waals surface area contributed by atoms with E-state index in [0.717, 1.165) is 23.8 Å². The summed E-state index contributed by atoms with van der Waals surface area (Å²) in [5, 5.41) is 5.94. The second kappa shape index (κ2) is 8.24. The van der Waals surface area contributed by atoms with Crippen LogP contribution < -0.4 is 15.4 Å². The lowest BCUT2D eigenvalue weighted by Gasteiger charge is -2.09. The fraction of sp³-hybridized carbons (Fsp3) is 0.158. The highest BCUT2D eigenvalue weighted by atomic mass is 19.1. The molecular weight excluding hydrogens is 338 g/mol. The predicted octanol–water partition coefficient (Wildman–Crippen LogP) is 4.16. The van der Waals surface area contributed by atoms with Crippen molar-refractivity contribution in [1.29, 1.82) is 0 Å². The molecule has 0 aliphatic rings. The van der Waals surface area contributed by atoms with Crippen LogP contribution >= 0.6 is 0 Å². The molecule has 5 nitrogen and oxygen atoms in total. The van der Waals surface area contributed by atoms with Crippen LogP contribution in [0.15, 0.2) is 54.7 Å². The molecule has 0 unspecified atom stereocenters. The largest absolute Gasteiger partial charge is 0.497 e. The van der Waals surface area contributed by atoms with Gasteiger partial charge in [-0.25, -0.2) is 13.8 Å². The molecule has 7 heteroatoms. The van der Waals surface area contributed by atoms with Crippen LogP contribution in [0.2, 0.25) is 0 Å². The van der Waals surface area contributed by atoms with E-state index in [0.29, 0.717) is 12.4 Å². The maximum absolute atomic E-state index is 13.7. The van der Waals surface area contributed by atoms with Crippen molar-refractivity contribution in [3.63, 3.8) is 0 Å². The van der Waals surface area contributed by atoms with Crippen LogP contribution in [0.25, 0.3) is 0 Å². The van der Waals surface area contributed by atoms with Crippen molar-refractivity contribution in [2.75, 3.05) is 24.3 Å². The van der Waals surface area contributed by atoms with E-state index in [-0.39, 0.29) is 11.6 Å². The molecule has 0 bridgehead atoms. The monoisotopic (exact) mass is 356 g/mol. The number of hydrogen-bond acceptors (Lipinski definition) is 5. The first-order chi connectivity index (χ1) is 12.6. The molecule has 2 aromatic carbocycles. The highest BCUT2D eigenvalue weighted by Crippen LogP contribution is 2.19. The minimum Gasteiger partial charge on any atom is -0.497 e. The van der Waals surface area contributed by atoms with E-state index in [4.69, 9.17) is 4.74 Å². The summed E-state index contributed by atoms with van der Waals surface area (Å²) in [5.74, 6) is 0.305. The summed E-state index contributed by atoms with van der Waals surface area (Å²) < 4.78 is 31.9. The Kier molecular flexibility index (Phi) is 5.58. The Labute approximate surface area is 150 Å². The molecule has 0 spiro atoms. The SMILES string of the molecule is COc1cccc(CCNc2ccnc(Nc3ccc(F)cc3F)n2)c1. The van der Waals surface area contributed by atoms with Gasteiger partial charge in [-0.2, -0.15) is 4.98 Å². The van der Waals surface area contributed by atoms with Crippen LogP contribution in [0.5, 0.6) is 5.75 Å². The summed E-state index contributed by atoms with van der Waals surface area (Å²) >= 11 is 0. The highest BCUT2D eigenvalue weighted by Gasteiger charge is 2.06. The molecule has 1 aromatic heterocycles. The average molecular weight is 356 g/mol. The number of hydrogen-bond donors (Lipinski definition) is 2. The van der Waals surface area contributed by atoms with Crippen molar-refractivity contribution in [2.45, 2.75) is 6.42 Å². The van der Waals surface area contributed by atoms with E-state index in [1.54, 1.807) is 19.4 Å². The van der Waals surface area contributed by atoms with Crippen molar-refractivity contribution in [1.82, 2.24) is 9.97 Å². The Bertz CT molecular complexity index is 889. The average Bonchev–Trinajstić information content (AvgIpc) is 2.65. The predicted molar refractivity (Wildman–Crippen MR) is 96.9 cm³/mol. The minimum atomic E-state index is -0.704. The fourth-order valence-corrected chi connectivity index (χ4v) is 2.39. The number of benzene rings is 2. The number of halogens is 2. The van der Waals surface area contributed by atoms with Gasteiger partial charge in [0.05, 0.1) is 12.8 Å². The molecule has 0 atom stereocenters. The number of anilines is 3. The maximum atomic E-state index is 13.7. The summed E-state index contributed by atoms with van der Waals surface area (Å²) in [7, 11) is 1.64. The molecule has 0 aliphatic carbocycles. The molecule has 134 valence electrons. The van der Waals surface area contributed by atoms with Crippen molar-refractivity contribution in [2.24, 2.45) is 0 Å². The lowest BCUT2D eigenvalue weighted by molar-refractivity contribution is 0.414. The first-order valence-electron chi connectivity index (χ1n) is 8.06. The van der Waals surface area contributed by atoms with Crippen LogP contribution in [-0.2, 0) is 6.42 Å². The molecule has 0 aliphatic heterocycles. The lowest BCUT2D eigenvalue weighted by atomic mass is 10.1. The third-order valence-electron chi connectivity index (χ3n) is 3.69. The summed E-state index contributed by atoms with van der Waals surface area (Å²) in [6, 6.07) is 12.8. The van der Waals surface area contributed by atoms with Gasteiger partial charge in [0, 0.05) is 18.8 Å². The first kappa shape index (κ1) is 17.6. The van der Waals surface area contributed by atoms with Crippen LogP contribution in [0.4, 0.5) is 26.2 Å². The third kappa shape index (κ3) is 4.66. The van der Waals surface area contributed by atoms with Crippen molar-refractivity contribution in [3.05, 3.63) is 71.9 Å². The van der Waals surface area contributed by atoms with Crippen molar-refractivity contribution < 1.29 is 13.5 Å². The standard InChI is InChI=1S/C19H18F2N4O/c1-26-15-4-2-3-13(11-15)7-9-22-18-8-10-23-19(25-18)24-17-6-5-14(20)12-16(17)21/h2-6,8,10-12H,7,9H2,1H3,(H2,22,23,24,25). The molecule has 0 saturated heterocycles. The van der Waals surface area contributed by atoms with Gasteiger partial charge in [-0.1, -0.05) is 12.1 Å². The highest BCUT2D eigenvalue weighted by molar-refractivity contribution is 5.55. The smallest absolute Gasteiger partial charge is 0.229 e. The van der Waals surface area contributed by atoms with Gasteiger partial charge in [-0.05, 0) is 42.3 Å². The topological polar surface area (TPSA) is 59.1 Å². The van der Waals surface area contributed by atoms with Gasteiger partial charge in [-0.3, -0.25) is 0 Å². The van der Waals surface area contributed by atoms with Gasteiger partial charge in [0.2, 0.25) is 5.95 Å². The van der Waals surface area contributed by atoms with Gasteiger partial charge in [0.1, 0.15) is 23.2 Å². The number of nitrogens with zero attached hydrogens (tertiary/aromatic N) is 2. The van der Waals surface area contributed by atoms with Gasteiger partial charge in [-0.15, -0.1) is 0 Å². The van der Waals surface area contributed by atoms with E-state index in [1.807, 2.05) is 24.3 Å².